The van der Waals surface area contributed by atoms with Crippen LogP contribution >= 0.6 is 22.9 Å². The van der Waals surface area contributed by atoms with Gasteiger partial charge in [-0.15, -0.1) is 0 Å². The van der Waals surface area contributed by atoms with E-state index in [1.807, 2.05) is 25.1 Å². The number of halogens is 1. The molecule has 0 bridgehead atoms. The zero-order valence-electron chi connectivity index (χ0n) is 16.6. The molecule has 0 atom stereocenters. The van der Waals surface area contributed by atoms with Gasteiger partial charge in [0, 0.05) is 10.6 Å². The fourth-order valence-electron chi connectivity index (χ4n) is 3.17. The first-order valence-electron chi connectivity index (χ1n) is 9.13. The third kappa shape index (κ3) is 3.86. The van der Waals surface area contributed by atoms with Crippen LogP contribution in [0.4, 0.5) is 5.13 Å². The number of anilines is 1. The maximum absolute atomic E-state index is 13.5. The van der Waals surface area contributed by atoms with E-state index in [1.54, 1.807) is 42.5 Å². The number of aryl methyl sites for hydroxylation is 1. The molecule has 0 unspecified atom stereocenters. The standard InChI is InChI=1S/C22H19ClN2O4S/c1-13-9-15(23)11-19-20(13)24-22(30-19)25(12-16-5-4-8-29-16)21(26)14-6-7-17(27-2)18(10-14)28-3/h4-11H,12H2,1-3H3. The summed E-state index contributed by atoms with van der Waals surface area (Å²) in [6.07, 6.45) is 1.58. The Kier molecular flexibility index (Phi) is 5.65. The third-order valence-corrected chi connectivity index (χ3v) is 5.88. The minimum atomic E-state index is -0.227. The van der Waals surface area contributed by atoms with Gasteiger partial charge in [0.25, 0.3) is 5.91 Å². The highest BCUT2D eigenvalue weighted by Crippen LogP contribution is 2.35. The first-order valence-corrected chi connectivity index (χ1v) is 10.3. The molecule has 6 nitrogen and oxygen atoms in total. The lowest BCUT2D eigenvalue weighted by Crippen LogP contribution is -2.30. The van der Waals surface area contributed by atoms with Gasteiger partial charge >= 0.3 is 0 Å². The third-order valence-electron chi connectivity index (χ3n) is 4.64. The highest BCUT2D eigenvalue weighted by atomic mass is 35.5. The zero-order chi connectivity index (χ0) is 21.3. The van der Waals surface area contributed by atoms with Crippen LogP contribution in [0.2, 0.25) is 5.02 Å². The second-order valence-electron chi connectivity index (χ2n) is 6.61. The van der Waals surface area contributed by atoms with E-state index in [-0.39, 0.29) is 12.5 Å². The van der Waals surface area contributed by atoms with Gasteiger partial charge in [0.1, 0.15) is 5.76 Å². The van der Waals surface area contributed by atoms with E-state index in [0.29, 0.717) is 33.0 Å². The van der Waals surface area contributed by atoms with Crippen molar-refractivity contribution in [3.8, 4) is 11.5 Å². The number of amides is 1. The van der Waals surface area contributed by atoms with Crippen LogP contribution in [0, 0.1) is 6.92 Å². The number of carbonyl (C=O) groups excluding carboxylic acids is 1. The summed E-state index contributed by atoms with van der Waals surface area (Å²) in [4.78, 5) is 19.8. The van der Waals surface area contributed by atoms with Gasteiger partial charge in [-0.25, -0.2) is 4.98 Å². The maximum Gasteiger partial charge on any atom is 0.260 e. The summed E-state index contributed by atoms with van der Waals surface area (Å²) in [5.74, 6) is 1.46. The summed E-state index contributed by atoms with van der Waals surface area (Å²) in [5.41, 5.74) is 2.23. The SMILES string of the molecule is COc1ccc(C(=O)N(Cc2ccco2)c2nc3c(C)cc(Cl)cc3s2)cc1OC. The monoisotopic (exact) mass is 442 g/mol. The molecule has 0 spiro atoms. The Morgan fingerprint density at radius 2 is 1.97 bits per heavy atom. The van der Waals surface area contributed by atoms with Crippen LogP contribution in [-0.2, 0) is 6.54 Å². The predicted molar refractivity (Wildman–Crippen MR) is 118 cm³/mol. The normalized spacial score (nSPS) is 10.9. The van der Waals surface area contributed by atoms with Crippen molar-refractivity contribution in [3.05, 3.63) is 70.6 Å². The summed E-state index contributed by atoms with van der Waals surface area (Å²) in [6, 6.07) is 12.4. The minimum Gasteiger partial charge on any atom is -0.493 e. The van der Waals surface area contributed by atoms with Crippen molar-refractivity contribution < 1.29 is 18.7 Å². The number of carbonyl (C=O) groups is 1. The second-order valence-corrected chi connectivity index (χ2v) is 8.05. The second kappa shape index (κ2) is 8.38. The predicted octanol–water partition coefficient (Wildman–Crippen LogP) is 5.72. The van der Waals surface area contributed by atoms with Crippen molar-refractivity contribution >= 4 is 44.2 Å². The number of benzene rings is 2. The summed E-state index contributed by atoms with van der Waals surface area (Å²) in [6.45, 7) is 2.19. The molecule has 2 aromatic carbocycles. The van der Waals surface area contributed by atoms with Crippen LogP contribution in [0.5, 0.6) is 11.5 Å². The minimum absolute atomic E-state index is 0.227. The van der Waals surface area contributed by atoms with Crippen LogP contribution in [0.1, 0.15) is 21.7 Å². The number of fused-ring (bicyclic) bond motifs is 1. The highest BCUT2D eigenvalue weighted by Gasteiger charge is 2.24. The Balaban J connectivity index is 1.79. The van der Waals surface area contributed by atoms with Crippen molar-refractivity contribution in [1.82, 2.24) is 4.98 Å². The van der Waals surface area contributed by atoms with Crippen LogP contribution in [0.3, 0.4) is 0 Å². The van der Waals surface area contributed by atoms with Crippen molar-refractivity contribution in [3.63, 3.8) is 0 Å². The van der Waals surface area contributed by atoms with Crippen LogP contribution in [0.15, 0.2) is 53.1 Å². The van der Waals surface area contributed by atoms with Gasteiger partial charge in [-0.2, -0.15) is 0 Å². The molecule has 2 aromatic heterocycles. The Morgan fingerprint density at radius 3 is 2.67 bits per heavy atom. The van der Waals surface area contributed by atoms with E-state index >= 15 is 0 Å². The fourth-order valence-corrected chi connectivity index (χ4v) is 4.59. The van der Waals surface area contributed by atoms with E-state index in [1.165, 1.54) is 18.4 Å². The first-order chi connectivity index (χ1) is 14.5. The van der Waals surface area contributed by atoms with Gasteiger partial charge in [-0.1, -0.05) is 22.9 Å². The number of rotatable bonds is 6. The number of aromatic nitrogens is 1. The average molecular weight is 443 g/mol. The molecule has 4 aromatic rings. The van der Waals surface area contributed by atoms with Gasteiger partial charge in [-0.05, 0) is 55.0 Å². The number of furan rings is 1. The molecule has 0 fully saturated rings. The Bertz CT molecular complexity index is 1200. The Hall–Kier alpha value is -3.03. The number of ether oxygens (including phenoxy) is 2. The molecular weight excluding hydrogens is 424 g/mol. The number of nitrogens with zero attached hydrogens (tertiary/aromatic N) is 2. The quantitative estimate of drug-likeness (QED) is 0.382. The van der Waals surface area contributed by atoms with E-state index < -0.39 is 0 Å². The van der Waals surface area contributed by atoms with Crippen molar-refractivity contribution in [2.24, 2.45) is 0 Å². The lowest BCUT2D eigenvalue weighted by atomic mass is 10.1. The summed E-state index contributed by atoms with van der Waals surface area (Å²) >= 11 is 7.61. The molecule has 30 heavy (non-hydrogen) atoms. The molecule has 0 radical (unpaired) electrons. The average Bonchev–Trinajstić information content (AvgIpc) is 3.40. The largest absolute Gasteiger partial charge is 0.493 e. The number of methoxy groups -OCH3 is 2. The van der Waals surface area contributed by atoms with Crippen LogP contribution < -0.4 is 14.4 Å². The topological polar surface area (TPSA) is 64.8 Å². The Labute approximate surface area is 182 Å². The fraction of sp³-hybridized carbons (Fsp3) is 0.182. The van der Waals surface area contributed by atoms with Crippen LogP contribution in [-0.4, -0.2) is 25.1 Å². The van der Waals surface area contributed by atoms with Gasteiger partial charge < -0.3 is 13.9 Å². The number of hydrogen-bond acceptors (Lipinski definition) is 6. The molecule has 0 saturated carbocycles. The molecule has 154 valence electrons. The highest BCUT2D eigenvalue weighted by molar-refractivity contribution is 7.22. The van der Waals surface area contributed by atoms with E-state index in [2.05, 4.69) is 0 Å². The molecule has 8 heteroatoms. The van der Waals surface area contributed by atoms with E-state index in [4.69, 9.17) is 30.5 Å². The maximum atomic E-state index is 13.5. The summed E-state index contributed by atoms with van der Waals surface area (Å²) in [7, 11) is 3.09. The van der Waals surface area contributed by atoms with Gasteiger partial charge in [0.2, 0.25) is 0 Å². The summed E-state index contributed by atoms with van der Waals surface area (Å²) < 4.78 is 17.0. The molecule has 0 N–H and O–H groups in total. The number of thiazole rings is 1. The molecule has 0 aliphatic rings. The van der Waals surface area contributed by atoms with Crippen molar-refractivity contribution in [1.29, 1.82) is 0 Å². The van der Waals surface area contributed by atoms with Crippen LogP contribution in [0.25, 0.3) is 10.2 Å². The van der Waals surface area contributed by atoms with E-state index in [9.17, 15) is 4.79 Å². The lowest BCUT2D eigenvalue weighted by molar-refractivity contribution is 0.0983. The number of hydrogen-bond donors (Lipinski definition) is 0. The summed E-state index contributed by atoms with van der Waals surface area (Å²) in [5, 5.41) is 1.20. The van der Waals surface area contributed by atoms with Gasteiger partial charge in [0.05, 0.1) is 37.2 Å². The van der Waals surface area contributed by atoms with Crippen molar-refractivity contribution in [2.75, 3.05) is 19.1 Å². The molecule has 0 saturated heterocycles. The lowest BCUT2D eigenvalue weighted by Gasteiger charge is -2.19. The van der Waals surface area contributed by atoms with Gasteiger partial charge in [0.15, 0.2) is 16.6 Å². The smallest absolute Gasteiger partial charge is 0.260 e. The molecular formula is C22H19ClN2O4S. The zero-order valence-corrected chi connectivity index (χ0v) is 18.2. The molecule has 2 heterocycles. The molecule has 0 aliphatic heterocycles. The molecule has 1 amide bonds. The van der Waals surface area contributed by atoms with E-state index in [0.717, 1.165) is 15.8 Å². The molecule has 4 rings (SSSR count). The van der Waals surface area contributed by atoms with Crippen molar-refractivity contribution in [2.45, 2.75) is 13.5 Å². The first kappa shape index (κ1) is 20.3. The molecule has 0 aliphatic carbocycles. The van der Waals surface area contributed by atoms with Gasteiger partial charge in [-0.3, -0.25) is 9.69 Å². The Morgan fingerprint density at radius 1 is 1.17 bits per heavy atom.